The Kier molecular flexibility index (Phi) is 7.37. The number of imidazole rings is 1. The van der Waals surface area contributed by atoms with Gasteiger partial charge < -0.3 is 16.0 Å². The first-order valence-corrected chi connectivity index (χ1v) is 15.4. The van der Waals surface area contributed by atoms with Gasteiger partial charge in [0.25, 0.3) is 0 Å². The largest absolute Gasteiger partial charge is 0.379 e. The fraction of sp³-hybridized carbons (Fsp3) is 0.323. The van der Waals surface area contributed by atoms with Crippen molar-refractivity contribution in [3.63, 3.8) is 0 Å². The zero-order valence-corrected chi connectivity index (χ0v) is 25.0. The zero-order chi connectivity index (χ0) is 29.3. The Balaban J connectivity index is 1.03. The molecule has 12 heteroatoms. The molecule has 2 atom stereocenters. The Hall–Kier alpha value is -4.55. The van der Waals surface area contributed by atoms with Crippen LogP contribution in [-0.2, 0) is 17.9 Å². The number of hydrogen-bond donors (Lipinski definition) is 3. The van der Waals surface area contributed by atoms with E-state index in [9.17, 15) is 4.79 Å². The fourth-order valence-electron chi connectivity index (χ4n) is 5.88. The summed E-state index contributed by atoms with van der Waals surface area (Å²) in [5, 5.41) is 15.1. The van der Waals surface area contributed by atoms with Gasteiger partial charge in [-0.2, -0.15) is 9.47 Å². The molecular formula is C31H34N10OS. The van der Waals surface area contributed by atoms with Crippen LogP contribution in [0.15, 0.2) is 78.7 Å². The summed E-state index contributed by atoms with van der Waals surface area (Å²) in [5.74, 6) is 1.26. The fourth-order valence-corrected chi connectivity index (χ4v) is 6.53. The first-order valence-electron chi connectivity index (χ1n) is 14.6. The number of likely N-dealkylation sites (tertiary alicyclic amines) is 1. The summed E-state index contributed by atoms with van der Waals surface area (Å²) >= 11 is 1.44. The molecule has 7 rings (SSSR count). The molecule has 3 aliphatic rings. The quantitative estimate of drug-likeness (QED) is 0.276. The van der Waals surface area contributed by atoms with Gasteiger partial charge in [0.15, 0.2) is 11.5 Å². The third kappa shape index (κ3) is 6.02. The van der Waals surface area contributed by atoms with Crippen molar-refractivity contribution in [2.45, 2.75) is 45.8 Å². The predicted molar refractivity (Wildman–Crippen MR) is 168 cm³/mol. The summed E-state index contributed by atoms with van der Waals surface area (Å²) in [5.41, 5.74) is 6.19. The molecule has 1 aliphatic carbocycles. The molecule has 2 unspecified atom stereocenters. The topological polar surface area (TPSA) is 117 Å². The Bertz CT molecular complexity index is 1790. The van der Waals surface area contributed by atoms with E-state index < -0.39 is 0 Å². The predicted octanol–water partition coefficient (Wildman–Crippen LogP) is 4.32. The Morgan fingerprint density at radius 3 is 3.07 bits per heavy atom. The normalized spacial score (nSPS) is 20.0. The molecule has 0 radical (unpaired) electrons. The van der Waals surface area contributed by atoms with Crippen molar-refractivity contribution in [1.29, 1.82) is 0 Å². The van der Waals surface area contributed by atoms with E-state index in [1.807, 2.05) is 60.4 Å². The minimum Gasteiger partial charge on any atom is -0.379 e. The van der Waals surface area contributed by atoms with E-state index in [-0.39, 0.29) is 18.5 Å². The highest BCUT2D eigenvalue weighted by molar-refractivity contribution is 7.10. The SMILES string of the molecule is Cc1cn2c(-c3cnn(CC(=O)NC4=CNC5C=CC=CC5=C4)c3)cnc2c(Nc2cc(CN3CCCC(C)C3)ns2)n1. The number of carbonyl (C=O) groups excluding carboxylic acids is 1. The lowest BCUT2D eigenvalue weighted by Crippen LogP contribution is -2.33. The molecule has 0 spiro atoms. The average Bonchev–Trinajstić information content (AvgIpc) is 3.73. The van der Waals surface area contributed by atoms with Crippen molar-refractivity contribution in [2.75, 3.05) is 18.4 Å². The lowest BCUT2D eigenvalue weighted by Gasteiger charge is -2.30. The van der Waals surface area contributed by atoms with E-state index in [0.29, 0.717) is 11.5 Å². The minimum atomic E-state index is -0.156. The summed E-state index contributed by atoms with van der Waals surface area (Å²) in [6.45, 7) is 7.51. The number of amides is 1. The zero-order valence-electron chi connectivity index (χ0n) is 24.2. The van der Waals surface area contributed by atoms with Crippen molar-refractivity contribution in [1.82, 2.24) is 44.1 Å². The standard InChI is InChI=1S/C31H34N10OS/c1-20-6-5-9-39(15-20)18-25-11-29(43-38-25)37-30-31-33-14-27(41(31)16-21(2)35-30)23-12-34-40(17-23)19-28(42)36-24-10-22-7-3-4-8-26(22)32-13-24/h3-4,7-8,10-14,16-17,20,26,32H,5-6,9,15,18-19H2,1-2H3,(H,35,37)(H,36,42). The van der Waals surface area contributed by atoms with Gasteiger partial charge in [-0.1, -0.05) is 31.2 Å². The molecule has 43 heavy (non-hydrogen) atoms. The Morgan fingerprint density at radius 1 is 1.23 bits per heavy atom. The van der Waals surface area contributed by atoms with Gasteiger partial charge in [-0.25, -0.2) is 9.97 Å². The lowest BCUT2D eigenvalue weighted by atomic mass is 9.99. The monoisotopic (exact) mass is 594 g/mol. The Morgan fingerprint density at radius 2 is 2.16 bits per heavy atom. The maximum atomic E-state index is 12.8. The van der Waals surface area contributed by atoms with Crippen LogP contribution in [0, 0.1) is 12.8 Å². The van der Waals surface area contributed by atoms with Crippen LogP contribution in [-0.4, -0.2) is 58.5 Å². The van der Waals surface area contributed by atoms with Gasteiger partial charge in [-0.3, -0.25) is 18.8 Å². The second-order valence-corrected chi connectivity index (χ2v) is 12.3. The molecule has 6 heterocycles. The second-order valence-electron chi connectivity index (χ2n) is 11.5. The number of carbonyl (C=O) groups is 1. The van der Waals surface area contributed by atoms with E-state index >= 15 is 0 Å². The maximum Gasteiger partial charge on any atom is 0.246 e. The third-order valence-corrected chi connectivity index (χ3v) is 8.60. The van der Waals surface area contributed by atoms with Crippen LogP contribution in [0.2, 0.25) is 0 Å². The molecule has 2 aliphatic heterocycles. The summed E-state index contributed by atoms with van der Waals surface area (Å²) in [4.78, 5) is 24.7. The van der Waals surface area contributed by atoms with Crippen molar-refractivity contribution >= 4 is 33.9 Å². The van der Waals surface area contributed by atoms with Gasteiger partial charge in [0.05, 0.1) is 41.2 Å². The molecule has 0 saturated carbocycles. The van der Waals surface area contributed by atoms with Gasteiger partial charge in [-0.15, -0.1) is 0 Å². The molecule has 3 N–H and O–H groups in total. The number of dihydropyridines is 1. The van der Waals surface area contributed by atoms with E-state index in [0.717, 1.165) is 64.5 Å². The van der Waals surface area contributed by atoms with Gasteiger partial charge in [0.1, 0.15) is 11.5 Å². The number of piperidine rings is 1. The summed E-state index contributed by atoms with van der Waals surface area (Å²) in [6.07, 6.45) is 21.9. The van der Waals surface area contributed by atoms with Crippen LogP contribution in [0.1, 0.15) is 31.2 Å². The van der Waals surface area contributed by atoms with Crippen molar-refractivity contribution in [2.24, 2.45) is 5.92 Å². The number of aryl methyl sites for hydroxylation is 1. The smallest absolute Gasteiger partial charge is 0.246 e. The molecule has 0 bridgehead atoms. The van der Waals surface area contributed by atoms with Gasteiger partial charge in [0, 0.05) is 37.2 Å². The summed E-state index contributed by atoms with van der Waals surface area (Å²) in [6, 6.07) is 2.26. The molecule has 220 valence electrons. The maximum absolute atomic E-state index is 12.8. The molecule has 0 aromatic carbocycles. The van der Waals surface area contributed by atoms with Gasteiger partial charge >= 0.3 is 0 Å². The van der Waals surface area contributed by atoms with Gasteiger partial charge in [0.2, 0.25) is 5.91 Å². The summed E-state index contributed by atoms with van der Waals surface area (Å²) in [7, 11) is 0. The Labute approximate surface area is 253 Å². The number of fused-ring (bicyclic) bond motifs is 2. The second kappa shape index (κ2) is 11.6. The first-order chi connectivity index (χ1) is 21.0. The van der Waals surface area contributed by atoms with Crippen LogP contribution >= 0.6 is 11.5 Å². The number of allylic oxidation sites excluding steroid dienone is 3. The number of anilines is 2. The number of nitrogens with zero attached hydrogens (tertiary/aromatic N) is 7. The van der Waals surface area contributed by atoms with E-state index in [2.05, 4.69) is 50.0 Å². The summed E-state index contributed by atoms with van der Waals surface area (Å²) < 4.78 is 8.34. The molecule has 1 amide bonds. The number of rotatable bonds is 8. The van der Waals surface area contributed by atoms with Crippen LogP contribution in [0.5, 0.6) is 0 Å². The number of aromatic nitrogens is 6. The highest BCUT2D eigenvalue weighted by Gasteiger charge is 2.19. The van der Waals surface area contributed by atoms with Crippen LogP contribution in [0.25, 0.3) is 16.9 Å². The van der Waals surface area contributed by atoms with Crippen LogP contribution in [0.3, 0.4) is 0 Å². The van der Waals surface area contributed by atoms with Crippen molar-refractivity contribution < 1.29 is 4.79 Å². The molecule has 1 saturated heterocycles. The molecule has 4 aromatic rings. The first kappa shape index (κ1) is 27.3. The molecule has 1 fully saturated rings. The highest BCUT2D eigenvalue weighted by Crippen LogP contribution is 2.28. The average molecular weight is 595 g/mol. The third-order valence-electron chi connectivity index (χ3n) is 7.86. The molecule has 11 nitrogen and oxygen atoms in total. The van der Waals surface area contributed by atoms with Crippen molar-refractivity contribution in [3.8, 4) is 11.3 Å². The highest BCUT2D eigenvalue weighted by atomic mass is 32.1. The van der Waals surface area contributed by atoms with Crippen molar-refractivity contribution in [3.05, 3.63) is 90.1 Å². The minimum absolute atomic E-state index is 0.0911. The van der Waals surface area contributed by atoms with Crippen LogP contribution in [0.4, 0.5) is 10.8 Å². The van der Waals surface area contributed by atoms with E-state index in [4.69, 9.17) is 9.36 Å². The lowest BCUT2D eigenvalue weighted by molar-refractivity contribution is -0.121. The molecule has 4 aromatic heterocycles. The van der Waals surface area contributed by atoms with E-state index in [1.54, 1.807) is 10.9 Å². The number of hydrogen-bond acceptors (Lipinski definition) is 9. The molecular weight excluding hydrogens is 560 g/mol. The van der Waals surface area contributed by atoms with Crippen LogP contribution < -0.4 is 16.0 Å². The van der Waals surface area contributed by atoms with E-state index in [1.165, 1.54) is 24.4 Å². The van der Waals surface area contributed by atoms with Gasteiger partial charge in [-0.05, 0) is 61.5 Å². The number of nitrogens with one attached hydrogen (secondary N) is 3.